The average Bonchev–Trinajstić information content (AvgIpc) is 2.26. The third-order valence-corrected chi connectivity index (χ3v) is 2.43. The van der Waals surface area contributed by atoms with Gasteiger partial charge >= 0.3 is 0 Å². The topological polar surface area (TPSA) is 47.3 Å². The van der Waals surface area contributed by atoms with E-state index in [1.54, 1.807) is 7.11 Å². The molecule has 0 saturated heterocycles. The molecule has 3 heteroatoms. The van der Waals surface area contributed by atoms with Gasteiger partial charge in [0.05, 0.1) is 12.8 Å². The zero-order valence-corrected chi connectivity index (χ0v) is 9.71. The van der Waals surface area contributed by atoms with Crippen molar-refractivity contribution in [3.63, 3.8) is 0 Å². The summed E-state index contributed by atoms with van der Waals surface area (Å²) in [7, 11) is 1.68. The highest BCUT2D eigenvalue weighted by Crippen LogP contribution is 2.24. The molecule has 15 heavy (non-hydrogen) atoms. The number of anilines is 1. The van der Waals surface area contributed by atoms with Gasteiger partial charge in [-0.05, 0) is 31.0 Å². The first-order valence-corrected chi connectivity index (χ1v) is 5.31. The summed E-state index contributed by atoms with van der Waals surface area (Å²) in [6.07, 6.45) is 0.973. The number of hydrogen-bond donors (Lipinski definition) is 2. The zero-order valence-electron chi connectivity index (χ0n) is 9.71. The maximum absolute atomic E-state index is 5.85. The minimum Gasteiger partial charge on any atom is -0.495 e. The number of ether oxygens (including phenoxy) is 1. The molecule has 0 saturated carbocycles. The second kappa shape index (κ2) is 5.61. The van der Waals surface area contributed by atoms with Crippen molar-refractivity contribution in [3.05, 3.63) is 23.8 Å². The Balaban J connectivity index is 2.69. The molecule has 0 radical (unpaired) electrons. The molecule has 0 aromatic heterocycles. The van der Waals surface area contributed by atoms with E-state index >= 15 is 0 Å². The van der Waals surface area contributed by atoms with E-state index < -0.39 is 0 Å². The summed E-state index contributed by atoms with van der Waals surface area (Å²) in [6.45, 7) is 4.92. The Morgan fingerprint density at radius 2 is 2.20 bits per heavy atom. The van der Waals surface area contributed by atoms with E-state index in [0.29, 0.717) is 0 Å². The van der Waals surface area contributed by atoms with Crippen LogP contribution in [-0.4, -0.2) is 19.7 Å². The van der Waals surface area contributed by atoms with Crippen molar-refractivity contribution in [2.75, 3.05) is 19.0 Å². The summed E-state index contributed by atoms with van der Waals surface area (Å²) in [4.78, 5) is 0. The van der Waals surface area contributed by atoms with Crippen molar-refractivity contribution >= 4 is 5.69 Å². The number of methoxy groups -OCH3 is 1. The number of hydrogen-bond acceptors (Lipinski definition) is 3. The molecule has 1 aromatic carbocycles. The Kier molecular flexibility index (Phi) is 4.43. The van der Waals surface area contributed by atoms with Crippen molar-refractivity contribution in [1.82, 2.24) is 0 Å². The van der Waals surface area contributed by atoms with E-state index in [4.69, 9.17) is 10.5 Å². The molecule has 1 aromatic rings. The fourth-order valence-corrected chi connectivity index (χ4v) is 1.35. The number of nitrogens with one attached hydrogen (secondary N) is 1. The molecule has 1 rings (SSSR count). The van der Waals surface area contributed by atoms with Crippen LogP contribution >= 0.6 is 0 Å². The number of nitrogens with two attached hydrogens (primary N) is 1. The van der Waals surface area contributed by atoms with E-state index in [9.17, 15) is 0 Å². The van der Waals surface area contributed by atoms with Gasteiger partial charge in [-0.3, -0.25) is 0 Å². The summed E-state index contributed by atoms with van der Waals surface area (Å²) in [6, 6.07) is 6.26. The lowest BCUT2D eigenvalue weighted by atomic mass is 10.2. The maximum atomic E-state index is 5.85. The molecule has 0 heterocycles. The van der Waals surface area contributed by atoms with Crippen molar-refractivity contribution < 1.29 is 4.74 Å². The van der Waals surface area contributed by atoms with Gasteiger partial charge < -0.3 is 15.8 Å². The van der Waals surface area contributed by atoms with Gasteiger partial charge in [0, 0.05) is 12.6 Å². The molecule has 3 nitrogen and oxygen atoms in total. The summed E-state index contributed by atoms with van der Waals surface area (Å²) in [5, 5.41) is 3.31. The first-order valence-electron chi connectivity index (χ1n) is 5.31. The zero-order chi connectivity index (χ0) is 11.3. The molecule has 0 aliphatic carbocycles. The Hall–Kier alpha value is -1.22. The molecular weight excluding hydrogens is 188 g/mol. The van der Waals surface area contributed by atoms with Crippen molar-refractivity contribution in [3.8, 4) is 5.75 Å². The lowest BCUT2D eigenvalue weighted by molar-refractivity contribution is 0.416. The fourth-order valence-electron chi connectivity index (χ4n) is 1.35. The van der Waals surface area contributed by atoms with Crippen LogP contribution < -0.4 is 15.8 Å². The van der Waals surface area contributed by atoms with Crippen LogP contribution in [0.2, 0.25) is 0 Å². The smallest absolute Gasteiger partial charge is 0.141 e. The van der Waals surface area contributed by atoms with Crippen LogP contribution in [0.3, 0.4) is 0 Å². The second-order valence-corrected chi connectivity index (χ2v) is 3.75. The molecule has 0 fully saturated rings. The van der Waals surface area contributed by atoms with Crippen LogP contribution in [0.1, 0.15) is 18.9 Å². The lowest BCUT2D eigenvalue weighted by Crippen LogP contribution is -2.28. The van der Waals surface area contributed by atoms with Crippen LogP contribution in [0.25, 0.3) is 0 Å². The van der Waals surface area contributed by atoms with Gasteiger partial charge in [-0.2, -0.15) is 0 Å². The number of benzene rings is 1. The van der Waals surface area contributed by atoms with Gasteiger partial charge in [0.2, 0.25) is 0 Å². The van der Waals surface area contributed by atoms with Crippen molar-refractivity contribution in [2.45, 2.75) is 26.3 Å². The van der Waals surface area contributed by atoms with Gasteiger partial charge in [-0.1, -0.05) is 13.0 Å². The molecule has 0 aliphatic rings. The minimum absolute atomic E-state index is 0.190. The Morgan fingerprint density at radius 1 is 1.47 bits per heavy atom. The summed E-state index contributed by atoms with van der Waals surface area (Å²) >= 11 is 0. The first kappa shape index (κ1) is 11.9. The van der Waals surface area contributed by atoms with E-state index in [0.717, 1.165) is 24.4 Å². The van der Waals surface area contributed by atoms with E-state index in [1.165, 1.54) is 5.56 Å². The molecule has 1 atom stereocenters. The van der Waals surface area contributed by atoms with Crippen LogP contribution in [0.4, 0.5) is 5.69 Å². The number of aryl methyl sites for hydroxylation is 1. The third-order valence-electron chi connectivity index (χ3n) is 2.43. The van der Waals surface area contributed by atoms with Gasteiger partial charge in [-0.25, -0.2) is 0 Å². The number of rotatable bonds is 5. The van der Waals surface area contributed by atoms with E-state index in [1.807, 2.05) is 12.1 Å². The monoisotopic (exact) mass is 208 g/mol. The third kappa shape index (κ3) is 3.44. The predicted molar refractivity (Wildman–Crippen MR) is 64.5 cm³/mol. The standard InChI is InChI=1S/C12H20N2O/c1-4-10(13)8-14-11-7-9(2)5-6-12(11)15-3/h5-7,10,14H,4,8,13H2,1-3H3. The second-order valence-electron chi connectivity index (χ2n) is 3.75. The predicted octanol–water partition coefficient (Wildman–Crippen LogP) is 2.15. The molecule has 84 valence electrons. The average molecular weight is 208 g/mol. The van der Waals surface area contributed by atoms with Crippen LogP contribution in [0, 0.1) is 6.92 Å². The van der Waals surface area contributed by atoms with Crippen LogP contribution in [-0.2, 0) is 0 Å². The Labute approximate surface area is 91.6 Å². The van der Waals surface area contributed by atoms with Crippen LogP contribution in [0.15, 0.2) is 18.2 Å². The summed E-state index contributed by atoms with van der Waals surface area (Å²) in [5.74, 6) is 0.865. The van der Waals surface area contributed by atoms with Gasteiger partial charge in [-0.15, -0.1) is 0 Å². The highest BCUT2D eigenvalue weighted by Gasteiger charge is 2.04. The lowest BCUT2D eigenvalue weighted by Gasteiger charge is -2.14. The van der Waals surface area contributed by atoms with E-state index in [-0.39, 0.29) is 6.04 Å². The van der Waals surface area contributed by atoms with Gasteiger partial charge in [0.1, 0.15) is 5.75 Å². The normalized spacial score (nSPS) is 12.3. The molecule has 3 N–H and O–H groups in total. The Morgan fingerprint density at radius 3 is 2.80 bits per heavy atom. The molecule has 0 aliphatic heterocycles. The van der Waals surface area contributed by atoms with Crippen molar-refractivity contribution in [1.29, 1.82) is 0 Å². The van der Waals surface area contributed by atoms with E-state index in [2.05, 4.69) is 25.2 Å². The fraction of sp³-hybridized carbons (Fsp3) is 0.500. The SMILES string of the molecule is CCC(N)CNc1cc(C)ccc1OC. The molecule has 0 amide bonds. The van der Waals surface area contributed by atoms with Gasteiger partial charge in [0.25, 0.3) is 0 Å². The minimum atomic E-state index is 0.190. The van der Waals surface area contributed by atoms with Crippen LogP contribution in [0.5, 0.6) is 5.75 Å². The Bertz CT molecular complexity index is 312. The molecular formula is C12H20N2O. The van der Waals surface area contributed by atoms with Crippen molar-refractivity contribution in [2.24, 2.45) is 5.73 Å². The first-order chi connectivity index (χ1) is 7.17. The largest absolute Gasteiger partial charge is 0.495 e. The highest BCUT2D eigenvalue weighted by atomic mass is 16.5. The molecule has 0 spiro atoms. The quantitative estimate of drug-likeness (QED) is 0.779. The molecule has 0 bridgehead atoms. The maximum Gasteiger partial charge on any atom is 0.141 e. The van der Waals surface area contributed by atoms with Gasteiger partial charge in [0.15, 0.2) is 0 Å². The highest BCUT2D eigenvalue weighted by molar-refractivity contribution is 5.58. The summed E-state index contributed by atoms with van der Waals surface area (Å²) < 4.78 is 5.26. The summed E-state index contributed by atoms with van der Waals surface area (Å²) in [5.41, 5.74) is 8.07. The molecule has 1 unspecified atom stereocenters.